The fraction of sp³-hybridized carbons (Fsp3) is 0.167. The Morgan fingerprint density at radius 1 is 1.38 bits per heavy atom. The highest BCUT2D eigenvalue weighted by Crippen LogP contribution is 2.31. The Morgan fingerprint density at radius 3 is 2.77 bits per heavy atom. The van der Waals surface area contributed by atoms with Crippen LogP contribution in [0.2, 0.25) is 5.28 Å². The topological polar surface area (TPSA) is 38.7 Å². The van der Waals surface area contributed by atoms with E-state index in [4.69, 9.17) is 11.6 Å². The van der Waals surface area contributed by atoms with Crippen molar-refractivity contribution in [3.8, 4) is 0 Å². The van der Waals surface area contributed by atoms with Crippen molar-refractivity contribution in [2.75, 3.05) is 0 Å². The van der Waals surface area contributed by atoms with Gasteiger partial charge in [-0.3, -0.25) is 0 Å². The molecule has 3 nitrogen and oxygen atoms in total. The van der Waals surface area contributed by atoms with Gasteiger partial charge in [-0.25, -0.2) is 4.98 Å². The lowest BCUT2D eigenvalue weighted by Crippen LogP contribution is -1.71. The first-order chi connectivity index (χ1) is 6.24. The molecule has 2 aromatic heterocycles. The summed E-state index contributed by atoms with van der Waals surface area (Å²) >= 11 is 9.98. The monoisotopic (exact) mass is 249 g/mol. The number of rotatable bonds is 2. The standard InChI is InChI=1S/C6H4ClN3S3/c1-3-2-11-5(8-3)12-6-9-4(7)10-13-6/h2H,1H3. The van der Waals surface area contributed by atoms with E-state index in [0.29, 0.717) is 5.28 Å². The maximum Gasteiger partial charge on any atom is 0.235 e. The van der Waals surface area contributed by atoms with E-state index in [-0.39, 0.29) is 0 Å². The van der Waals surface area contributed by atoms with Crippen LogP contribution >= 0.6 is 46.2 Å². The SMILES string of the molecule is Cc1csc(Sc2nc(Cl)ns2)n1. The van der Waals surface area contributed by atoms with E-state index in [1.165, 1.54) is 23.3 Å². The van der Waals surface area contributed by atoms with Gasteiger partial charge in [0.1, 0.15) is 0 Å². The molecule has 2 heterocycles. The molecule has 0 unspecified atom stereocenters. The molecule has 13 heavy (non-hydrogen) atoms. The number of aromatic nitrogens is 3. The molecule has 0 aromatic carbocycles. The summed E-state index contributed by atoms with van der Waals surface area (Å²) in [5.74, 6) is 0. The Kier molecular flexibility index (Phi) is 2.83. The van der Waals surface area contributed by atoms with Crippen molar-refractivity contribution in [1.29, 1.82) is 0 Å². The summed E-state index contributed by atoms with van der Waals surface area (Å²) in [5, 5.41) is 2.31. The van der Waals surface area contributed by atoms with Gasteiger partial charge < -0.3 is 0 Å². The van der Waals surface area contributed by atoms with Gasteiger partial charge >= 0.3 is 0 Å². The average Bonchev–Trinajstić information content (AvgIpc) is 2.62. The second-order valence-corrected chi connectivity index (χ2v) is 5.63. The van der Waals surface area contributed by atoms with Gasteiger partial charge in [0.15, 0.2) is 8.68 Å². The molecule has 0 N–H and O–H groups in total. The zero-order chi connectivity index (χ0) is 9.26. The van der Waals surface area contributed by atoms with E-state index in [0.717, 1.165) is 14.4 Å². The molecule has 0 saturated heterocycles. The second kappa shape index (κ2) is 3.91. The van der Waals surface area contributed by atoms with Crippen LogP contribution in [0.4, 0.5) is 0 Å². The number of hydrogen-bond acceptors (Lipinski definition) is 6. The first kappa shape index (κ1) is 9.39. The molecule has 0 saturated carbocycles. The van der Waals surface area contributed by atoms with Crippen molar-refractivity contribution in [3.05, 3.63) is 16.4 Å². The second-order valence-electron chi connectivity index (χ2n) is 2.19. The fourth-order valence-corrected chi connectivity index (χ4v) is 3.52. The van der Waals surface area contributed by atoms with Crippen LogP contribution in [0.5, 0.6) is 0 Å². The van der Waals surface area contributed by atoms with Crippen LogP contribution in [0, 0.1) is 6.92 Å². The molecule has 7 heteroatoms. The highest BCUT2D eigenvalue weighted by Gasteiger charge is 2.06. The minimum Gasteiger partial charge on any atom is -0.235 e. The molecule has 0 aliphatic rings. The summed E-state index contributed by atoms with van der Waals surface area (Å²) in [6.45, 7) is 1.97. The van der Waals surface area contributed by atoms with Crippen LogP contribution in [0.15, 0.2) is 14.1 Å². The lowest BCUT2D eigenvalue weighted by Gasteiger charge is -1.86. The summed E-state index contributed by atoms with van der Waals surface area (Å²) in [6, 6.07) is 0. The van der Waals surface area contributed by atoms with Crippen molar-refractivity contribution >= 4 is 46.2 Å². The van der Waals surface area contributed by atoms with E-state index < -0.39 is 0 Å². The van der Waals surface area contributed by atoms with Crippen LogP contribution in [0.1, 0.15) is 5.69 Å². The first-order valence-corrected chi connectivity index (χ1v) is 6.18. The lowest BCUT2D eigenvalue weighted by molar-refractivity contribution is 1.15. The molecular formula is C6H4ClN3S3. The first-order valence-electron chi connectivity index (χ1n) is 3.33. The zero-order valence-electron chi connectivity index (χ0n) is 6.52. The third-order valence-electron chi connectivity index (χ3n) is 1.16. The number of aryl methyl sites for hydroxylation is 1. The van der Waals surface area contributed by atoms with Crippen LogP contribution in [-0.4, -0.2) is 14.3 Å². The van der Waals surface area contributed by atoms with Gasteiger partial charge in [-0.15, -0.1) is 11.3 Å². The lowest BCUT2D eigenvalue weighted by atomic mass is 10.6. The molecule has 2 aromatic rings. The summed E-state index contributed by atoms with van der Waals surface area (Å²) < 4.78 is 5.68. The van der Waals surface area contributed by atoms with E-state index in [9.17, 15) is 0 Å². The van der Waals surface area contributed by atoms with E-state index in [2.05, 4.69) is 14.3 Å². The predicted molar refractivity (Wildman–Crippen MR) is 55.9 cm³/mol. The van der Waals surface area contributed by atoms with Gasteiger partial charge in [0.05, 0.1) is 0 Å². The van der Waals surface area contributed by atoms with E-state index in [1.54, 1.807) is 11.3 Å². The van der Waals surface area contributed by atoms with Crippen molar-refractivity contribution < 1.29 is 0 Å². The summed E-state index contributed by atoms with van der Waals surface area (Å²) in [6.07, 6.45) is 0. The number of hydrogen-bond donors (Lipinski definition) is 0. The van der Waals surface area contributed by atoms with Crippen LogP contribution in [0.3, 0.4) is 0 Å². The van der Waals surface area contributed by atoms with Gasteiger partial charge in [0.2, 0.25) is 5.28 Å². The molecule has 0 radical (unpaired) electrons. The largest absolute Gasteiger partial charge is 0.235 e. The third-order valence-corrected chi connectivity index (χ3v) is 4.23. The summed E-state index contributed by atoms with van der Waals surface area (Å²) in [7, 11) is 0. The molecule has 0 aliphatic heterocycles. The highest BCUT2D eigenvalue weighted by molar-refractivity contribution is 8.02. The molecule has 0 amide bonds. The summed E-state index contributed by atoms with van der Waals surface area (Å²) in [4.78, 5) is 8.31. The fourth-order valence-electron chi connectivity index (χ4n) is 0.688. The zero-order valence-corrected chi connectivity index (χ0v) is 9.73. The molecule has 0 fully saturated rings. The number of halogens is 1. The van der Waals surface area contributed by atoms with Crippen LogP contribution in [0.25, 0.3) is 0 Å². The Hall–Kier alpha value is -0.170. The van der Waals surface area contributed by atoms with Crippen LogP contribution in [-0.2, 0) is 0 Å². The van der Waals surface area contributed by atoms with Gasteiger partial charge in [0.25, 0.3) is 0 Å². The Morgan fingerprint density at radius 2 is 2.23 bits per heavy atom. The van der Waals surface area contributed by atoms with Gasteiger partial charge in [0, 0.05) is 11.1 Å². The Labute approximate surface area is 92.4 Å². The maximum atomic E-state index is 5.59. The van der Waals surface area contributed by atoms with Gasteiger partial charge in [-0.05, 0) is 41.8 Å². The molecule has 0 bridgehead atoms. The van der Waals surface area contributed by atoms with Crippen LogP contribution < -0.4 is 0 Å². The Bertz CT molecular complexity index is 372. The molecule has 0 aliphatic carbocycles. The maximum absolute atomic E-state index is 5.59. The van der Waals surface area contributed by atoms with Gasteiger partial charge in [-0.2, -0.15) is 9.36 Å². The molecule has 0 spiro atoms. The van der Waals surface area contributed by atoms with Crippen molar-refractivity contribution in [2.45, 2.75) is 15.6 Å². The van der Waals surface area contributed by atoms with Crippen molar-refractivity contribution in [3.63, 3.8) is 0 Å². The molecule has 68 valence electrons. The van der Waals surface area contributed by atoms with Crippen molar-refractivity contribution in [1.82, 2.24) is 14.3 Å². The quantitative estimate of drug-likeness (QED) is 0.820. The van der Waals surface area contributed by atoms with E-state index >= 15 is 0 Å². The number of thiazole rings is 1. The Balaban J connectivity index is 2.14. The average molecular weight is 250 g/mol. The summed E-state index contributed by atoms with van der Waals surface area (Å²) in [5.41, 5.74) is 1.03. The highest BCUT2D eigenvalue weighted by atomic mass is 35.5. The minimum atomic E-state index is 0.306. The van der Waals surface area contributed by atoms with Gasteiger partial charge in [-0.1, -0.05) is 0 Å². The normalized spacial score (nSPS) is 10.6. The molecule has 2 rings (SSSR count). The minimum absolute atomic E-state index is 0.306. The number of nitrogens with zero attached hydrogens (tertiary/aromatic N) is 3. The van der Waals surface area contributed by atoms with Crippen molar-refractivity contribution in [2.24, 2.45) is 0 Å². The molecule has 0 atom stereocenters. The molecular weight excluding hydrogens is 246 g/mol. The predicted octanol–water partition coefficient (Wildman–Crippen LogP) is 3.11. The third kappa shape index (κ3) is 2.40. The van der Waals surface area contributed by atoms with E-state index in [1.807, 2.05) is 12.3 Å². The smallest absolute Gasteiger partial charge is 0.235 e.